The van der Waals surface area contributed by atoms with Crippen molar-refractivity contribution < 1.29 is 4.42 Å². The minimum Gasteiger partial charge on any atom is -0.422 e. The van der Waals surface area contributed by atoms with Crippen LogP contribution in [0.3, 0.4) is 0 Å². The molecule has 6 heteroatoms. The Bertz CT molecular complexity index is 1420. The van der Waals surface area contributed by atoms with Gasteiger partial charge in [-0.25, -0.2) is 9.79 Å². The fourth-order valence-corrected chi connectivity index (χ4v) is 4.05. The molecule has 2 heterocycles. The van der Waals surface area contributed by atoms with E-state index in [-0.39, 0.29) is 0 Å². The van der Waals surface area contributed by atoms with Gasteiger partial charge in [-0.15, -0.1) is 0 Å². The van der Waals surface area contributed by atoms with Crippen LogP contribution in [-0.4, -0.2) is 16.1 Å². The summed E-state index contributed by atoms with van der Waals surface area (Å²) >= 11 is 0. The van der Waals surface area contributed by atoms with Crippen LogP contribution in [-0.2, 0) is 20.0 Å². The van der Waals surface area contributed by atoms with Crippen molar-refractivity contribution in [2.75, 3.05) is 6.54 Å². The maximum atomic E-state index is 12.7. The van der Waals surface area contributed by atoms with E-state index in [1.54, 1.807) is 6.07 Å². The summed E-state index contributed by atoms with van der Waals surface area (Å²) in [5.74, 6) is 0. The van der Waals surface area contributed by atoms with E-state index in [1.807, 2.05) is 49.9 Å². The summed E-state index contributed by atoms with van der Waals surface area (Å²) in [6.45, 7) is 9.62. The number of benzene rings is 2. The van der Waals surface area contributed by atoms with Crippen molar-refractivity contribution in [3.05, 3.63) is 111 Å². The van der Waals surface area contributed by atoms with Gasteiger partial charge in [-0.05, 0) is 56.5 Å². The highest BCUT2D eigenvalue weighted by atomic mass is 16.4. The maximum Gasteiger partial charge on any atom is 0.345 e. The van der Waals surface area contributed by atoms with Crippen molar-refractivity contribution in [2.24, 2.45) is 12.0 Å². The van der Waals surface area contributed by atoms with Crippen LogP contribution in [0.5, 0.6) is 0 Å². The van der Waals surface area contributed by atoms with E-state index in [0.29, 0.717) is 22.3 Å². The van der Waals surface area contributed by atoms with Gasteiger partial charge in [-0.2, -0.15) is 0 Å². The maximum absolute atomic E-state index is 12.7. The van der Waals surface area contributed by atoms with Gasteiger partial charge in [0.2, 0.25) is 0 Å². The van der Waals surface area contributed by atoms with Gasteiger partial charge in [0, 0.05) is 25.2 Å². The second-order valence-electron chi connectivity index (χ2n) is 8.55. The van der Waals surface area contributed by atoms with Gasteiger partial charge < -0.3 is 14.3 Å². The minimum absolute atomic E-state index is 0.352. The fourth-order valence-electron chi connectivity index (χ4n) is 4.05. The van der Waals surface area contributed by atoms with Crippen LogP contribution in [0.25, 0.3) is 16.7 Å². The number of nitrogens with zero attached hydrogens (tertiary/aromatic N) is 3. The topological polar surface area (TPSA) is 72.4 Å². The number of nitrogens with one attached hydrogen (secondary N) is 1. The molecule has 0 atom stereocenters. The summed E-state index contributed by atoms with van der Waals surface area (Å²) in [6, 6.07) is 18.2. The van der Waals surface area contributed by atoms with E-state index in [2.05, 4.69) is 52.2 Å². The van der Waals surface area contributed by atoms with E-state index in [0.717, 1.165) is 48.3 Å². The molecule has 4 aromatic rings. The van der Waals surface area contributed by atoms with Gasteiger partial charge in [0.15, 0.2) is 5.49 Å². The number of aryl methyl sites for hydroxylation is 4. The van der Waals surface area contributed by atoms with Crippen LogP contribution in [0, 0.1) is 13.8 Å². The number of fused-ring (bicyclic) bond motifs is 1. The van der Waals surface area contributed by atoms with Crippen LogP contribution < -0.4 is 16.4 Å². The smallest absolute Gasteiger partial charge is 0.345 e. The Morgan fingerprint density at radius 2 is 1.91 bits per heavy atom. The lowest BCUT2D eigenvalue weighted by molar-refractivity contribution is 0.557. The molecular weight excluding hydrogens is 424 g/mol. The molecule has 174 valence electrons. The molecule has 0 fully saturated rings. The normalized spacial score (nSPS) is 11.8. The third kappa shape index (κ3) is 5.58. The van der Waals surface area contributed by atoms with E-state index < -0.39 is 5.63 Å². The van der Waals surface area contributed by atoms with E-state index in [9.17, 15) is 4.79 Å². The molecule has 2 aromatic heterocycles. The average Bonchev–Trinajstić information content (AvgIpc) is 2.81. The van der Waals surface area contributed by atoms with Crippen LogP contribution >= 0.6 is 0 Å². The van der Waals surface area contributed by atoms with E-state index in [1.165, 1.54) is 5.56 Å². The SMILES string of the molecule is C=C(/N=c1/c(C)nc(C)cn1C)c1cc2ccc(CCCNCc3ccccc3)cc2oc1=O. The van der Waals surface area contributed by atoms with Crippen molar-refractivity contribution in [1.82, 2.24) is 14.9 Å². The molecule has 0 radical (unpaired) electrons. The molecule has 6 nitrogen and oxygen atoms in total. The van der Waals surface area contributed by atoms with Crippen LogP contribution in [0.4, 0.5) is 0 Å². The predicted molar refractivity (Wildman–Crippen MR) is 136 cm³/mol. The number of hydrogen-bond acceptors (Lipinski definition) is 5. The summed E-state index contributed by atoms with van der Waals surface area (Å²) < 4.78 is 7.52. The average molecular weight is 455 g/mol. The third-order valence-electron chi connectivity index (χ3n) is 5.73. The molecule has 0 amide bonds. The minimum atomic E-state index is -0.441. The van der Waals surface area contributed by atoms with Crippen LogP contribution in [0.15, 0.2) is 81.6 Å². The summed E-state index contributed by atoms with van der Waals surface area (Å²) in [4.78, 5) is 21.7. The summed E-state index contributed by atoms with van der Waals surface area (Å²) in [6.07, 6.45) is 3.79. The Morgan fingerprint density at radius 3 is 2.68 bits per heavy atom. The van der Waals surface area contributed by atoms with Gasteiger partial charge in [0.25, 0.3) is 0 Å². The predicted octanol–water partition coefficient (Wildman–Crippen LogP) is 4.44. The van der Waals surface area contributed by atoms with Crippen LogP contribution in [0.2, 0.25) is 0 Å². The van der Waals surface area contributed by atoms with Gasteiger partial charge in [0.1, 0.15) is 5.58 Å². The molecule has 34 heavy (non-hydrogen) atoms. The highest BCUT2D eigenvalue weighted by Crippen LogP contribution is 2.20. The van der Waals surface area contributed by atoms with Gasteiger partial charge in [0.05, 0.1) is 22.6 Å². The Kier molecular flexibility index (Phi) is 7.18. The summed E-state index contributed by atoms with van der Waals surface area (Å²) in [7, 11) is 1.90. The number of rotatable bonds is 8. The monoisotopic (exact) mass is 454 g/mol. The standard InChI is InChI=1S/C28H30N4O2/c1-19-18-32(4)27(21(3)30-19)31-20(2)25-16-24-13-12-22(15-26(24)34-28(25)33)11-8-14-29-17-23-9-6-5-7-10-23/h5-7,9-10,12-13,15-16,18,29H,2,8,11,14,17H2,1,3-4H3/b31-27-. The summed E-state index contributed by atoms with van der Waals surface area (Å²) in [5, 5.41) is 4.32. The largest absolute Gasteiger partial charge is 0.422 e. The Balaban J connectivity index is 1.46. The Morgan fingerprint density at radius 1 is 1.12 bits per heavy atom. The lowest BCUT2D eigenvalue weighted by Gasteiger charge is -2.08. The highest BCUT2D eigenvalue weighted by Gasteiger charge is 2.10. The van der Waals surface area contributed by atoms with Crippen LogP contribution in [0.1, 0.15) is 34.5 Å². The van der Waals surface area contributed by atoms with Crippen molar-refractivity contribution in [3.8, 4) is 0 Å². The second-order valence-corrected chi connectivity index (χ2v) is 8.55. The van der Waals surface area contributed by atoms with Gasteiger partial charge in [-0.3, -0.25) is 4.98 Å². The molecule has 0 unspecified atom stereocenters. The molecular formula is C28H30N4O2. The lowest BCUT2D eigenvalue weighted by Crippen LogP contribution is -2.23. The van der Waals surface area contributed by atoms with Crippen molar-refractivity contribution in [3.63, 3.8) is 0 Å². The van der Waals surface area contributed by atoms with Crippen molar-refractivity contribution >= 4 is 16.7 Å². The zero-order valence-electron chi connectivity index (χ0n) is 20.0. The molecule has 2 aromatic carbocycles. The fraction of sp³-hybridized carbons (Fsp3) is 0.250. The first-order valence-corrected chi connectivity index (χ1v) is 11.5. The molecule has 0 saturated heterocycles. The number of hydrogen-bond donors (Lipinski definition) is 1. The second kappa shape index (κ2) is 10.4. The lowest BCUT2D eigenvalue weighted by atomic mass is 10.1. The Hall–Kier alpha value is -3.77. The molecule has 0 saturated carbocycles. The summed E-state index contributed by atoms with van der Waals surface area (Å²) in [5.41, 5.74) is 5.60. The van der Waals surface area contributed by atoms with Crippen molar-refractivity contribution in [1.29, 1.82) is 0 Å². The zero-order chi connectivity index (χ0) is 24.1. The first-order valence-electron chi connectivity index (χ1n) is 11.5. The number of aromatic nitrogens is 2. The first-order chi connectivity index (χ1) is 16.4. The first kappa shape index (κ1) is 23.4. The van der Waals surface area contributed by atoms with Gasteiger partial charge >= 0.3 is 5.63 Å². The Labute approximate surface area is 199 Å². The van der Waals surface area contributed by atoms with Gasteiger partial charge in [-0.1, -0.05) is 49.0 Å². The molecule has 1 N–H and O–H groups in total. The van der Waals surface area contributed by atoms with Crippen molar-refractivity contribution in [2.45, 2.75) is 33.2 Å². The zero-order valence-corrected chi connectivity index (χ0v) is 20.0. The molecule has 0 aliphatic carbocycles. The third-order valence-corrected chi connectivity index (χ3v) is 5.73. The molecule has 0 bridgehead atoms. The van der Waals surface area contributed by atoms with E-state index >= 15 is 0 Å². The molecule has 0 spiro atoms. The quantitative estimate of drug-likeness (QED) is 0.316. The molecule has 0 aliphatic heterocycles. The van der Waals surface area contributed by atoms with E-state index in [4.69, 9.17) is 4.42 Å². The molecule has 0 aliphatic rings. The molecule has 4 rings (SSSR count). The highest BCUT2D eigenvalue weighted by molar-refractivity contribution is 5.80.